The molecular weight excluding hydrogens is 555 g/mol. The van der Waals surface area contributed by atoms with Crippen molar-refractivity contribution in [3.63, 3.8) is 0 Å². The highest BCUT2D eigenvalue weighted by molar-refractivity contribution is 8.00. The Balaban J connectivity index is 1.78. The highest BCUT2D eigenvalue weighted by Crippen LogP contribution is 2.51. The molecule has 13 heteroatoms. The molecular formula is C27H24F5N4O3S+. The van der Waals surface area contributed by atoms with E-state index in [-0.39, 0.29) is 59.9 Å². The van der Waals surface area contributed by atoms with Crippen molar-refractivity contribution >= 4 is 40.9 Å². The van der Waals surface area contributed by atoms with Crippen LogP contribution in [-0.2, 0) is 15.7 Å². The molecule has 2 aromatic rings. The molecule has 5 rings (SSSR count). The zero-order valence-electron chi connectivity index (χ0n) is 21.5. The predicted octanol–water partition coefficient (Wildman–Crippen LogP) is 5.09. The van der Waals surface area contributed by atoms with Crippen molar-refractivity contribution in [2.75, 3.05) is 39.1 Å². The van der Waals surface area contributed by atoms with Crippen LogP contribution in [0.25, 0.3) is 11.1 Å². The number of amides is 3. The molecule has 0 aliphatic carbocycles. The van der Waals surface area contributed by atoms with Gasteiger partial charge in [0.05, 0.1) is 21.8 Å². The minimum absolute atomic E-state index is 0.0163. The first-order chi connectivity index (χ1) is 19.0. The number of nitrogens with zero attached hydrogens (tertiary/aromatic N) is 4. The van der Waals surface area contributed by atoms with Crippen LogP contribution in [0.15, 0.2) is 46.8 Å². The fourth-order valence-corrected chi connectivity index (χ4v) is 6.49. The van der Waals surface area contributed by atoms with Crippen molar-refractivity contribution in [1.82, 2.24) is 9.80 Å². The Labute approximate surface area is 230 Å². The highest BCUT2D eigenvalue weighted by atomic mass is 32.2. The van der Waals surface area contributed by atoms with Gasteiger partial charge in [0.1, 0.15) is 24.0 Å². The summed E-state index contributed by atoms with van der Waals surface area (Å²) in [6.45, 7) is 5.98. The third-order valence-corrected chi connectivity index (χ3v) is 8.18. The topological polar surface area (TPSA) is 65.2 Å². The van der Waals surface area contributed by atoms with Crippen molar-refractivity contribution in [2.24, 2.45) is 4.99 Å². The molecule has 0 aromatic heterocycles. The van der Waals surface area contributed by atoms with Gasteiger partial charge in [-0.05, 0) is 31.2 Å². The lowest BCUT2D eigenvalue weighted by molar-refractivity contribution is -0.337. The van der Waals surface area contributed by atoms with Crippen molar-refractivity contribution in [3.8, 4) is 11.1 Å². The fourth-order valence-electron chi connectivity index (χ4n) is 5.27. The molecule has 0 bridgehead atoms. The number of urea groups is 1. The second-order valence-corrected chi connectivity index (χ2v) is 10.5. The van der Waals surface area contributed by atoms with Gasteiger partial charge in [0, 0.05) is 55.0 Å². The summed E-state index contributed by atoms with van der Waals surface area (Å²) in [7, 11) is 1.43. The number of carbonyl (C=O) groups is 2. The summed E-state index contributed by atoms with van der Waals surface area (Å²) in [5.41, 5.74) is -1.39. The Morgan fingerprint density at radius 2 is 2.00 bits per heavy atom. The van der Waals surface area contributed by atoms with Crippen LogP contribution >= 0.6 is 11.8 Å². The van der Waals surface area contributed by atoms with Gasteiger partial charge in [-0.3, -0.25) is 4.79 Å². The Kier molecular flexibility index (Phi) is 7.29. The molecule has 3 aliphatic rings. The second-order valence-electron chi connectivity index (χ2n) is 9.52. The van der Waals surface area contributed by atoms with E-state index in [9.17, 15) is 31.5 Å². The van der Waals surface area contributed by atoms with Crippen LogP contribution in [-0.4, -0.2) is 83.0 Å². The number of methoxy groups -OCH3 is 1. The van der Waals surface area contributed by atoms with Gasteiger partial charge in [-0.1, -0.05) is 6.58 Å². The zero-order chi connectivity index (χ0) is 28.9. The Bertz CT molecular complexity index is 1500. The number of halogens is 5. The van der Waals surface area contributed by atoms with Gasteiger partial charge in [-0.15, -0.1) is 11.8 Å². The minimum Gasteiger partial charge on any atom is -0.377 e. The lowest BCUT2D eigenvalue weighted by Crippen LogP contribution is -2.56. The molecule has 40 heavy (non-hydrogen) atoms. The third-order valence-electron chi connectivity index (χ3n) is 7.01. The van der Waals surface area contributed by atoms with Crippen molar-refractivity contribution in [3.05, 3.63) is 59.7 Å². The Hall–Kier alpha value is -3.58. The van der Waals surface area contributed by atoms with Gasteiger partial charge < -0.3 is 14.5 Å². The third kappa shape index (κ3) is 4.70. The maximum Gasteiger partial charge on any atom is 0.547 e. The quantitative estimate of drug-likeness (QED) is 0.287. The molecule has 2 aromatic carbocycles. The van der Waals surface area contributed by atoms with E-state index in [0.29, 0.717) is 11.8 Å². The lowest BCUT2D eigenvalue weighted by atomic mass is 9.93. The maximum atomic E-state index is 15.0. The van der Waals surface area contributed by atoms with Crippen molar-refractivity contribution < 1.29 is 40.9 Å². The lowest BCUT2D eigenvalue weighted by Gasteiger charge is -2.40. The summed E-state index contributed by atoms with van der Waals surface area (Å²) in [5, 5.41) is 0. The van der Waals surface area contributed by atoms with Crippen molar-refractivity contribution in [1.29, 1.82) is 0 Å². The summed E-state index contributed by atoms with van der Waals surface area (Å²) in [6, 6.07) is 2.14. The summed E-state index contributed by atoms with van der Waals surface area (Å²) >= 11 is 1.02. The number of aliphatic imine (C=N–C) groups is 1. The summed E-state index contributed by atoms with van der Waals surface area (Å²) in [6.07, 6.45) is -3.73. The first-order valence-corrected chi connectivity index (χ1v) is 13.3. The van der Waals surface area contributed by atoms with Crippen LogP contribution < -0.4 is 0 Å². The number of thioether (sulfide) groups is 1. The molecule has 3 heterocycles. The molecule has 7 nitrogen and oxygen atoms in total. The average molecular weight is 580 g/mol. The highest BCUT2D eigenvalue weighted by Gasteiger charge is 2.48. The van der Waals surface area contributed by atoms with E-state index < -0.39 is 46.6 Å². The average Bonchev–Trinajstić information content (AvgIpc) is 2.90. The molecule has 3 amide bonds. The number of piperazine rings is 1. The monoisotopic (exact) mass is 579 g/mol. The Morgan fingerprint density at radius 1 is 1.25 bits per heavy atom. The second kappa shape index (κ2) is 10.4. The van der Waals surface area contributed by atoms with Crippen LogP contribution in [0, 0.1) is 11.6 Å². The van der Waals surface area contributed by atoms with Gasteiger partial charge >= 0.3 is 12.2 Å². The van der Waals surface area contributed by atoms with E-state index in [0.717, 1.165) is 30.0 Å². The standard InChI is InChI=1S/C27H24F5N4O3S/c1-4-21(37)34-7-8-35(14(2)11-34)25-18-10-19(27(30,31)32)22(17-6-5-15(28)9-20(17)29)24-23(18)36(26(38)33-25)16(12-39-3)13-40-24/h4-6,9-10,14H,1,7-8,11-13H2,2-3H3/q+1/t14-/m0/s1. The molecule has 1 saturated heterocycles. The number of ether oxygens (including phenoxy) is 1. The number of hydrogen-bond donors (Lipinski definition) is 0. The first-order valence-electron chi connectivity index (χ1n) is 12.3. The van der Waals surface area contributed by atoms with Crippen molar-refractivity contribution in [2.45, 2.75) is 24.0 Å². The van der Waals surface area contributed by atoms with Crippen LogP contribution in [0.5, 0.6) is 0 Å². The molecule has 3 aliphatic heterocycles. The number of benzene rings is 2. The number of hydrogen-bond acceptors (Lipinski definition) is 5. The van der Waals surface area contributed by atoms with Gasteiger partial charge in [-0.2, -0.15) is 22.5 Å². The van der Waals surface area contributed by atoms with Gasteiger partial charge in [0.15, 0.2) is 5.69 Å². The van der Waals surface area contributed by atoms with Gasteiger partial charge in [-0.25, -0.2) is 8.78 Å². The van der Waals surface area contributed by atoms with E-state index in [4.69, 9.17) is 4.74 Å². The number of alkyl halides is 3. The summed E-state index contributed by atoms with van der Waals surface area (Å²) < 4.78 is 79.1. The van der Waals surface area contributed by atoms with Crippen LogP contribution in [0.2, 0.25) is 0 Å². The number of rotatable bonds is 4. The number of carbonyl (C=O) groups excluding carboxylic acids is 2. The van der Waals surface area contributed by atoms with E-state index in [2.05, 4.69) is 11.6 Å². The van der Waals surface area contributed by atoms with Gasteiger partial charge in [0.2, 0.25) is 5.91 Å². The smallest absolute Gasteiger partial charge is 0.377 e. The SMILES string of the molecule is C=CC(=O)N1CCN(C2=NC(=O)[N+]3=C(COC)CSc4c(-c5ccc(F)cc5F)c(C(F)(F)F)cc2c43)[C@@H](C)C1. The minimum atomic E-state index is -4.92. The molecule has 0 saturated carbocycles. The summed E-state index contributed by atoms with van der Waals surface area (Å²) in [5.74, 6) is -2.25. The number of amidine groups is 1. The van der Waals surface area contributed by atoms with E-state index in [1.54, 1.807) is 16.7 Å². The van der Waals surface area contributed by atoms with E-state index >= 15 is 0 Å². The normalized spacial score (nSPS) is 19.0. The molecule has 0 unspecified atom stereocenters. The first kappa shape index (κ1) is 28.0. The van der Waals surface area contributed by atoms with E-state index in [1.807, 2.05) is 0 Å². The van der Waals surface area contributed by atoms with Gasteiger partial charge in [0.25, 0.3) is 5.84 Å². The molecule has 1 atom stereocenters. The summed E-state index contributed by atoms with van der Waals surface area (Å²) in [4.78, 5) is 33.2. The largest absolute Gasteiger partial charge is 0.547 e. The van der Waals surface area contributed by atoms with Crippen LogP contribution in [0.1, 0.15) is 18.1 Å². The molecule has 1 fully saturated rings. The molecule has 210 valence electrons. The Morgan fingerprint density at radius 3 is 2.62 bits per heavy atom. The molecule has 0 radical (unpaired) electrons. The fraction of sp³-hybridized carbons (Fsp3) is 0.333. The van der Waals surface area contributed by atoms with E-state index in [1.165, 1.54) is 17.8 Å². The maximum absolute atomic E-state index is 15.0. The predicted molar refractivity (Wildman–Crippen MR) is 139 cm³/mol. The molecule has 0 spiro atoms. The van der Waals surface area contributed by atoms with Crippen LogP contribution in [0.4, 0.5) is 32.4 Å². The van der Waals surface area contributed by atoms with Crippen LogP contribution in [0.3, 0.4) is 0 Å². The zero-order valence-corrected chi connectivity index (χ0v) is 22.3. The molecule has 0 N–H and O–H groups in total.